The molecule has 0 amide bonds. The van der Waals surface area contributed by atoms with E-state index in [1.54, 1.807) is 30.5 Å². The predicted octanol–water partition coefficient (Wildman–Crippen LogP) is 4.85. The predicted molar refractivity (Wildman–Crippen MR) is 143 cm³/mol. The van der Waals surface area contributed by atoms with Crippen molar-refractivity contribution in [1.29, 1.82) is 0 Å². The fourth-order valence-corrected chi connectivity index (χ4v) is 5.64. The average Bonchev–Trinajstić information content (AvgIpc) is 2.89. The average molecular weight is 518 g/mol. The maximum atomic E-state index is 17.0. The van der Waals surface area contributed by atoms with Crippen LogP contribution in [0.15, 0.2) is 41.3 Å². The molecule has 0 bridgehead atoms. The van der Waals surface area contributed by atoms with Crippen LogP contribution in [0.3, 0.4) is 0 Å². The zero-order chi connectivity index (χ0) is 26.7. The number of aromatic nitrogens is 3. The molecule has 1 fully saturated rings. The molecule has 2 aromatic heterocycles. The van der Waals surface area contributed by atoms with Gasteiger partial charge < -0.3 is 15.0 Å². The number of benzene rings is 2. The Morgan fingerprint density at radius 3 is 2.76 bits per heavy atom. The molecule has 1 atom stereocenters. The van der Waals surface area contributed by atoms with Crippen molar-refractivity contribution in [2.75, 3.05) is 24.5 Å². The second kappa shape index (κ2) is 9.16. The van der Waals surface area contributed by atoms with Gasteiger partial charge in [0, 0.05) is 48.4 Å². The minimum Gasteiger partial charge on any atom is -0.488 e. The highest BCUT2D eigenvalue weighted by molar-refractivity contribution is 5.98. The summed E-state index contributed by atoms with van der Waals surface area (Å²) >= 11 is 0. The van der Waals surface area contributed by atoms with E-state index >= 15 is 8.78 Å². The number of nitrogens with zero attached hydrogens (tertiary/aromatic N) is 4. The van der Waals surface area contributed by atoms with Gasteiger partial charge in [-0.25, -0.2) is 13.6 Å². The maximum Gasteiger partial charge on any atom is 0.354 e. The molecular formula is C29H29F2N5O2. The molecule has 2 aromatic carbocycles. The van der Waals surface area contributed by atoms with Gasteiger partial charge >= 0.3 is 5.69 Å². The first-order chi connectivity index (χ1) is 18.3. The lowest BCUT2D eigenvalue weighted by Gasteiger charge is -2.36. The van der Waals surface area contributed by atoms with Gasteiger partial charge in [0.05, 0.1) is 22.5 Å². The lowest BCUT2D eigenvalue weighted by Crippen LogP contribution is -2.50. The van der Waals surface area contributed by atoms with Crippen LogP contribution in [0.25, 0.3) is 27.7 Å². The number of hydrogen-bond acceptors (Lipinski definition) is 6. The number of fused-ring (bicyclic) bond motifs is 4. The van der Waals surface area contributed by atoms with Gasteiger partial charge in [0.2, 0.25) is 0 Å². The van der Waals surface area contributed by atoms with Crippen LogP contribution in [0.5, 0.6) is 5.75 Å². The smallest absolute Gasteiger partial charge is 0.354 e. The Labute approximate surface area is 219 Å². The number of hydrogen-bond donors (Lipinski definition) is 1. The molecule has 4 heterocycles. The van der Waals surface area contributed by atoms with Crippen molar-refractivity contribution in [1.82, 2.24) is 19.9 Å². The normalized spacial score (nSPS) is 16.9. The summed E-state index contributed by atoms with van der Waals surface area (Å²) in [6.45, 7) is 9.97. The van der Waals surface area contributed by atoms with Crippen LogP contribution < -0.4 is 20.6 Å². The third kappa shape index (κ3) is 3.67. The molecular weight excluding hydrogens is 488 g/mol. The minimum atomic E-state index is -0.718. The van der Waals surface area contributed by atoms with Gasteiger partial charge in [0.25, 0.3) is 0 Å². The summed E-state index contributed by atoms with van der Waals surface area (Å²) in [6.07, 6.45) is 1.68. The summed E-state index contributed by atoms with van der Waals surface area (Å²) in [5.74, 6) is -0.667. The van der Waals surface area contributed by atoms with Crippen LogP contribution in [0.2, 0.25) is 0 Å². The van der Waals surface area contributed by atoms with Crippen molar-refractivity contribution in [3.05, 3.63) is 75.5 Å². The third-order valence-corrected chi connectivity index (χ3v) is 7.49. The van der Waals surface area contributed by atoms with Crippen molar-refractivity contribution in [2.24, 2.45) is 0 Å². The van der Waals surface area contributed by atoms with Crippen LogP contribution in [0, 0.1) is 18.6 Å². The van der Waals surface area contributed by atoms with Crippen LogP contribution in [-0.2, 0) is 6.61 Å². The van der Waals surface area contributed by atoms with Gasteiger partial charge in [-0.2, -0.15) is 4.98 Å². The van der Waals surface area contributed by atoms with E-state index in [1.165, 1.54) is 10.6 Å². The Morgan fingerprint density at radius 2 is 2.00 bits per heavy atom. The van der Waals surface area contributed by atoms with Gasteiger partial charge in [-0.15, -0.1) is 0 Å². The van der Waals surface area contributed by atoms with Crippen molar-refractivity contribution in [3.63, 3.8) is 0 Å². The summed E-state index contributed by atoms with van der Waals surface area (Å²) in [5, 5.41) is 3.78. The molecule has 0 spiro atoms. The van der Waals surface area contributed by atoms with Crippen LogP contribution in [-0.4, -0.2) is 40.2 Å². The minimum absolute atomic E-state index is 0.0168. The van der Waals surface area contributed by atoms with Gasteiger partial charge in [-0.3, -0.25) is 9.55 Å². The first kappa shape index (κ1) is 24.5. The molecule has 0 aliphatic carbocycles. The molecule has 9 heteroatoms. The van der Waals surface area contributed by atoms with Crippen molar-refractivity contribution >= 4 is 16.7 Å². The highest BCUT2D eigenvalue weighted by Crippen LogP contribution is 2.45. The Bertz CT molecular complexity index is 1650. The summed E-state index contributed by atoms with van der Waals surface area (Å²) in [4.78, 5) is 25.0. The fraction of sp³-hybridized carbons (Fsp3) is 0.345. The second-order valence-corrected chi connectivity index (χ2v) is 10.3. The summed E-state index contributed by atoms with van der Waals surface area (Å²) in [7, 11) is 0. The number of piperazine rings is 1. The number of nitrogens with one attached hydrogen (secondary N) is 1. The Kier molecular flexibility index (Phi) is 5.90. The fourth-order valence-electron chi connectivity index (χ4n) is 5.64. The largest absolute Gasteiger partial charge is 0.488 e. The van der Waals surface area contributed by atoms with E-state index in [0.29, 0.717) is 47.8 Å². The summed E-state index contributed by atoms with van der Waals surface area (Å²) in [6, 6.07) is 8.14. The second-order valence-electron chi connectivity index (χ2n) is 10.3. The molecule has 0 unspecified atom stereocenters. The molecule has 0 radical (unpaired) electrons. The van der Waals surface area contributed by atoms with E-state index in [2.05, 4.69) is 15.3 Å². The first-order valence-electron chi connectivity index (χ1n) is 12.9. The van der Waals surface area contributed by atoms with Gasteiger partial charge in [0.1, 0.15) is 24.0 Å². The molecule has 0 saturated carbocycles. The summed E-state index contributed by atoms with van der Waals surface area (Å²) in [5.41, 5.74) is 2.07. The van der Waals surface area contributed by atoms with Gasteiger partial charge in [-0.1, -0.05) is 26.0 Å². The quantitative estimate of drug-likeness (QED) is 0.419. The van der Waals surface area contributed by atoms with E-state index in [4.69, 9.17) is 4.74 Å². The van der Waals surface area contributed by atoms with E-state index in [-0.39, 0.29) is 41.0 Å². The number of halogens is 2. The molecule has 38 heavy (non-hydrogen) atoms. The van der Waals surface area contributed by atoms with E-state index in [1.807, 2.05) is 32.6 Å². The Balaban J connectivity index is 1.78. The Morgan fingerprint density at radius 1 is 1.18 bits per heavy atom. The number of anilines is 1. The van der Waals surface area contributed by atoms with Crippen molar-refractivity contribution in [3.8, 4) is 22.6 Å². The zero-order valence-electron chi connectivity index (χ0n) is 21.8. The topological polar surface area (TPSA) is 72.3 Å². The molecule has 4 aromatic rings. The molecule has 1 saturated heterocycles. The zero-order valence-corrected chi connectivity index (χ0v) is 21.8. The number of ether oxygens (including phenoxy) is 1. The van der Waals surface area contributed by atoms with E-state index in [0.717, 1.165) is 5.56 Å². The van der Waals surface area contributed by atoms with Gasteiger partial charge in [-0.05, 0) is 43.5 Å². The van der Waals surface area contributed by atoms with Crippen LogP contribution >= 0.6 is 0 Å². The number of aryl methyl sites for hydroxylation is 1. The van der Waals surface area contributed by atoms with Crippen molar-refractivity contribution in [2.45, 2.75) is 46.3 Å². The molecule has 7 nitrogen and oxygen atoms in total. The molecule has 196 valence electrons. The van der Waals surface area contributed by atoms with Crippen LogP contribution in [0.4, 0.5) is 14.6 Å². The van der Waals surface area contributed by atoms with Crippen molar-refractivity contribution < 1.29 is 13.5 Å². The monoisotopic (exact) mass is 517 g/mol. The third-order valence-electron chi connectivity index (χ3n) is 7.49. The SMILES string of the molecule is Cc1ccnc(C(C)C)c1-n1c(=O)nc(N2CCNC[C@@H]2C)c2cc3c(c(F)c21)-c1c(F)cccc1CO3. The first-order valence-corrected chi connectivity index (χ1v) is 12.9. The molecule has 2 aliphatic heterocycles. The Hall–Kier alpha value is -3.85. The van der Waals surface area contributed by atoms with Gasteiger partial charge in [0.15, 0.2) is 5.82 Å². The molecule has 6 rings (SSSR count). The number of pyridine rings is 1. The molecule has 2 aliphatic rings. The van der Waals surface area contributed by atoms with E-state index < -0.39 is 17.3 Å². The highest BCUT2D eigenvalue weighted by atomic mass is 19.1. The maximum absolute atomic E-state index is 17.0. The van der Waals surface area contributed by atoms with E-state index in [9.17, 15) is 4.79 Å². The number of rotatable bonds is 3. The molecule has 1 N–H and O–H groups in total. The van der Waals surface area contributed by atoms with Crippen LogP contribution in [0.1, 0.15) is 43.5 Å². The lowest BCUT2D eigenvalue weighted by atomic mass is 9.94. The lowest BCUT2D eigenvalue weighted by molar-refractivity contribution is 0.300. The summed E-state index contributed by atoms with van der Waals surface area (Å²) < 4.78 is 39.4. The standard InChI is InChI=1S/C29H29F2N5O2/c1-15(2)25-26(16(3)8-9-33-25)36-27-19(28(34-29(36)37)35-11-10-32-13-17(35)4)12-21-23(24(27)31)22-18(14-38-21)6-5-7-20(22)30/h5-9,12,15,17,32H,10-11,13-14H2,1-4H3/t17-/m0/s1. The highest BCUT2D eigenvalue weighted by Gasteiger charge is 2.32.